The fourth-order valence-electron chi connectivity index (χ4n) is 2.56. The molecule has 0 radical (unpaired) electrons. The van der Waals surface area contributed by atoms with Crippen molar-refractivity contribution in [2.24, 2.45) is 0 Å². The zero-order valence-corrected chi connectivity index (χ0v) is 16.3. The number of nitrogens with zero attached hydrogens (tertiary/aromatic N) is 2. The number of nitrogens with one attached hydrogen (secondary N) is 2. The number of benzene rings is 1. The number of carbonyl (C=O) groups is 2. The molecule has 2 N–H and O–H groups in total. The molecule has 2 aromatic heterocycles. The molecule has 2 amide bonds. The van der Waals surface area contributed by atoms with Crippen LogP contribution in [0, 0.1) is 6.92 Å². The van der Waals surface area contributed by atoms with Crippen molar-refractivity contribution in [2.45, 2.75) is 19.9 Å². The van der Waals surface area contributed by atoms with Crippen molar-refractivity contribution < 1.29 is 9.59 Å². The molecule has 1 aromatic carbocycles. The standard InChI is InChI=1S/C19H19ClN4O2S/c1-13-16(17(20)24(23-13)14-6-3-2-4-7-14)12-22-19(26)18(25)21-10-9-15-8-5-11-27-15/h2-8,11H,9-10,12H2,1H3,(H,21,25)(H,22,26). The first-order chi connectivity index (χ1) is 13.1. The summed E-state index contributed by atoms with van der Waals surface area (Å²) in [6, 6.07) is 13.4. The molecular weight excluding hydrogens is 384 g/mol. The summed E-state index contributed by atoms with van der Waals surface area (Å²) in [6.45, 7) is 2.36. The van der Waals surface area contributed by atoms with Crippen molar-refractivity contribution in [1.82, 2.24) is 20.4 Å². The van der Waals surface area contributed by atoms with Crippen LogP contribution in [0.3, 0.4) is 0 Å². The number of hydrogen-bond donors (Lipinski definition) is 2. The van der Waals surface area contributed by atoms with Gasteiger partial charge < -0.3 is 10.6 Å². The van der Waals surface area contributed by atoms with Crippen molar-refractivity contribution in [3.8, 4) is 5.69 Å². The fourth-order valence-corrected chi connectivity index (χ4v) is 3.60. The Hall–Kier alpha value is -2.64. The molecule has 140 valence electrons. The lowest BCUT2D eigenvalue weighted by Gasteiger charge is -2.07. The highest BCUT2D eigenvalue weighted by Gasteiger charge is 2.18. The van der Waals surface area contributed by atoms with Gasteiger partial charge in [0.1, 0.15) is 5.15 Å². The minimum Gasteiger partial charge on any atom is -0.347 e. The summed E-state index contributed by atoms with van der Waals surface area (Å²) in [5, 5.41) is 12.0. The average molecular weight is 403 g/mol. The molecule has 2 heterocycles. The van der Waals surface area contributed by atoms with Gasteiger partial charge in [-0.25, -0.2) is 4.68 Å². The summed E-state index contributed by atoms with van der Waals surface area (Å²) in [6.07, 6.45) is 0.700. The summed E-state index contributed by atoms with van der Waals surface area (Å²) in [5.41, 5.74) is 2.21. The van der Waals surface area contributed by atoms with E-state index in [0.717, 1.165) is 10.6 Å². The number of rotatable bonds is 6. The van der Waals surface area contributed by atoms with Crippen LogP contribution in [0.2, 0.25) is 5.15 Å². The second-order valence-electron chi connectivity index (χ2n) is 5.87. The normalized spacial score (nSPS) is 10.6. The third-order valence-electron chi connectivity index (χ3n) is 3.99. The predicted molar refractivity (Wildman–Crippen MR) is 106 cm³/mol. The van der Waals surface area contributed by atoms with Gasteiger partial charge in [0.2, 0.25) is 0 Å². The largest absolute Gasteiger partial charge is 0.347 e. The average Bonchev–Trinajstić information content (AvgIpc) is 3.29. The Morgan fingerprint density at radius 1 is 1.11 bits per heavy atom. The first-order valence-corrected chi connectivity index (χ1v) is 9.70. The van der Waals surface area contributed by atoms with E-state index in [1.54, 1.807) is 16.0 Å². The molecule has 8 heteroatoms. The van der Waals surface area contributed by atoms with Gasteiger partial charge in [-0.15, -0.1) is 11.3 Å². The van der Waals surface area contributed by atoms with Crippen LogP contribution in [0.1, 0.15) is 16.1 Å². The summed E-state index contributed by atoms with van der Waals surface area (Å²) in [5.74, 6) is -1.35. The van der Waals surface area contributed by atoms with Gasteiger partial charge in [-0.05, 0) is 36.9 Å². The first-order valence-electron chi connectivity index (χ1n) is 8.44. The van der Waals surface area contributed by atoms with Gasteiger partial charge in [0.05, 0.1) is 11.4 Å². The molecule has 0 saturated carbocycles. The minimum absolute atomic E-state index is 0.134. The first kappa shape index (κ1) is 19.1. The Labute approximate surface area is 166 Å². The summed E-state index contributed by atoms with van der Waals surface area (Å²) < 4.78 is 1.61. The Bertz CT molecular complexity index is 923. The van der Waals surface area contributed by atoms with E-state index in [1.165, 1.54) is 0 Å². The van der Waals surface area contributed by atoms with Crippen LogP contribution >= 0.6 is 22.9 Å². The summed E-state index contributed by atoms with van der Waals surface area (Å²) >= 11 is 8.04. The molecule has 0 bridgehead atoms. The van der Waals surface area contributed by atoms with Gasteiger partial charge in [0.15, 0.2) is 0 Å². The zero-order chi connectivity index (χ0) is 19.2. The van der Waals surface area contributed by atoms with Crippen LogP contribution < -0.4 is 10.6 Å². The van der Waals surface area contributed by atoms with E-state index in [4.69, 9.17) is 11.6 Å². The van der Waals surface area contributed by atoms with Crippen LogP contribution in [0.15, 0.2) is 47.8 Å². The molecule has 0 unspecified atom stereocenters. The van der Waals surface area contributed by atoms with Crippen molar-refractivity contribution in [2.75, 3.05) is 6.54 Å². The number of aromatic nitrogens is 2. The van der Waals surface area contributed by atoms with Crippen molar-refractivity contribution in [1.29, 1.82) is 0 Å². The lowest BCUT2D eigenvalue weighted by atomic mass is 10.2. The number of halogens is 1. The molecule has 3 aromatic rings. The molecular formula is C19H19ClN4O2S. The number of carbonyl (C=O) groups excluding carboxylic acids is 2. The maximum atomic E-state index is 12.0. The molecule has 0 aliphatic heterocycles. The molecule has 0 aliphatic carbocycles. The molecule has 0 saturated heterocycles. The van der Waals surface area contributed by atoms with Gasteiger partial charge in [0, 0.05) is 23.5 Å². The van der Waals surface area contributed by atoms with Crippen LogP contribution in [-0.2, 0) is 22.6 Å². The zero-order valence-electron chi connectivity index (χ0n) is 14.7. The Balaban J connectivity index is 1.55. The van der Waals surface area contributed by atoms with Gasteiger partial charge in [-0.2, -0.15) is 5.10 Å². The van der Waals surface area contributed by atoms with E-state index in [9.17, 15) is 9.59 Å². The monoisotopic (exact) mass is 402 g/mol. The van der Waals surface area contributed by atoms with Crippen molar-refractivity contribution >= 4 is 34.8 Å². The Morgan fingerprint density at radius 2 is 1.85 bits per heavy atom. The molecule has 0 spiro atoms. The smallest absolute Gasteiger partial charge is 0.309 e. The molecule has 6 nitrogen and oxygen atoms in total. The molecule has 0 fully saturated rings. The van der Waals surface area contributed by atoms with Gasteiger partial charge in [-0.1, -0.05) is 35.9 Å². The highest BCUT2D eigenvalue weighted by molar-refractivity contribution is 7.09. The number of amides is 2. The lowest BCUT2D eigenvalue weighted by Crippen LogP contribution is -2.40. The Kier molecular flexibility index (Phi) is 6.26. The van der Waals surface area contributed by atoms with Crippen molar-refractivity contribution in [3.63, 3.8) is 0 Å². The van der Waals surface area contributed by atoms with E-state index in [0.29, 0.717) is 29.4 Å². The highest BCUT2D eigenvalue weighted by atomic mass is 35.5. The van der Waals surface area contributed by atoms with Crippen molar-refractivity contribution in [3.05, 3.63) is 69.1 Å². The number of thiophene rings is 1. The highest BCUT2D eigenvalue weighted by Crippen LogP contribution is 2.23. The van der Waals surface area contributed by atoms with E-state index in [-0.39, 0.29) is 6.54 Å². The second-order valence-corrected chi connectivity index (χ2v) is 7.26. The van der Waals surface area contributed by atoms with E-state index in [2.05, 4.69) is 15.7 Å². The van der Waals surface area contributed by atoms with Gasteiger partial charge >= 0.3 is 11.8 Å². The number of hydrogen-bond acceptors (Lipinski definition) is 4. The van der Waals surface area contributed by atoms with Crippen LogP contribution in [-0.4, -0.2) is 28.1 Å². The van der Waals surface area contributed by atoms with Crippen LogP contribution in [0.5, 0.6) is 0 Å². The summed E-state index contributed by atoms with van der Waals surface area (Å²) in [4.78, 5) is 25.1. The maximum Gasteiger partial charge on any atom is 0.309 e. The topological polar surface area (TPSA) is 76.0 Å². The second kappa shape index (κ2) is 8.83. The third kappa shape index (κ3) is 4.75. The maximum absolute atomic E-state index is 12.0. The predicted octanol–water partition coefficient (Wildman–Crippen LogP) is 2.87. The molecule has 3 rings (SSSR count). The SMILES string of the molecule is Cc1nn(-c2ccccc2)c(Cl)c1CNC(=O)C(=O)NCCc1cccs1. The van der Waals surface area contributed by atoms with Crippen LogP contribution in [0.4, 0.5) is 0 Å². The van der Waals surface area contributed by atoms with Crippen LogP contribution in [0.25, 0.3) is 5.69 Å². The van der Waals surface area contributed by atoms with E-state index >= 15 is 0 Å². The molecule has 27 heavy (non-hydrogen) atoms. The van der Waals surface area contributed by atoms with Gasteiger partial charge in [-0.3, -0.25) is 9.59 Å². The molecule has 0 atom stereocenters. The minimum atomic E-state index is -0.691. The van der Waals surface area contributed by atoms with E-state index in [1.807, 2.05) is 54.8 Å². The van der Waals surface area contributed by atoms with Gasteiger partial charge in [0.25, 0.3) is 0 Å². The summed E-state index contributed by atoms with van der Waals surface area (Å²) in [7, 11) is 0. The number of aryl methyl sites for hydroxylation is 1. The lowest BCUT2D eigenvalue weighted by molar-refractivity contribution is -0.139. The quantitative estimate of drug-likeness (QED) is 0.622. The third-order valence-corrected chi connectivity index (χ3v) is 5.32. The fraction of sp³-hybridized carbons (Fsp3) is 0.211. The van der Waals surface area contributed by atoms with E-state index < -0.39 is 11.8 Å². The molecule has 0 aliphatic rings. The number of para-hydroxylation sites is 1. The Morgan fingerprint density at radius 3 is 2.56 bits per heavy atom.